The molecular weight excluding hydrogens is 426 g/mol. The van der Waals surface area contributed by atoms with Crippen LogP contribution < -0.4 is 15.4 Å². The highest BCUT2D eigenvalue weighted by Crippen LogP contribution is 2.58. The minimum atomic E-state index is -1.01. The molecule has 180 valence electrons. The predicted octanol–water partition coefficient (Wildman–Crippen LogP) is 1.31. The fourth-order valence-electron chi connectivity index (χ4n) is 5.64. The van der Waals surface area contributed by atoms with Gasteiger partial charge >= 0.3 is 0 Å². The number of aliphatic hydroxyl groups is 1. The van der Waals surface area contributed by atoms with Gasteiger partial charge in [0.2, 0.25) is 17.7 Å². The summed E-state index contributed by atoms with van der Waals surface area (Å²) in [6.07, 6.45) is 2.74. The van der Waals surface area contributed by atoms with Crippen LogP contribution in [0.3, 0.4) is 0 Å². The van der Waals surface area contributed by atoms with E-state index in [9.17, 15) is 19.5 Å². The number of ether oxygens (including phenoxy) is 2. The van der Waals surface area contributed by atoms with Crippen molar-refractivity contribution >= 4 is 23.4 Å². The van der Waals surface area contributed by atoms with E-state index in [0.29, 0.717) is 50.2 Å². The number of methoxy groups -OCH3 is 1. The summed E-state index contributed by atoms with van der Waals surface area (Å²) in [5, 5.41) is 15.1. The Morgan fingerprint density at radius 3 is 2.67 bits per heavy atom. The van der Waals surface area contributed by atoms with Gasteiger partial charge in [0.15, 0.2) is 0 Å². The van der Waals surface area contributed by atoms with Crippen molar-refractivity contribution in [2.24, 2.45) is 11.8 Å². The monoisotopic (exact) mass is 459 g/mol. The number of hydrogen-bond donors (Lipinski definition) is 3. The maximum Gasteiger partial charge on any atom is 0.250 e. The summed E-state index contributed by atoms with van der Waals surface area (Å²) in [5.41, 5.74) is -0.417. The molecule has 3 aliphatic rings. The summed E-state index contributed by atoms with van der Waals surface area (Å²) in [6.45, 7) is 2.86. The number of benzene rings is 1. The molecule has 9 nitrogen and oxygen atoms in total. The van der Waals surface area contributed by atoms with Crippen LogP contribution in [0.4, 0.5) is 5.69 Å². The second-order valence-corrected chi connectivity index (χ2v) is 9.03. The largest absolute Gasteiger partial charge is 0.497 e. The number of carbonyl (C=O) groups excluding carboxylic acids is 3. The van der Waals surface area contributed by atoms with Gasteiger partial charge < -0.3 is 30.1 Å². The summed E-state index contributed by atoms with van der Waals surface area (Å²) in [6, 6.07) is 6.16. The van der Waals surface area contributed by atoms with E-state index in [-0.39, 0.29) is 30.4 Å². The molecule has 33 heavy (non-hydrogen) atoms. The first-order valence-electron chi connectivity index (χ1n) is 11.8. The first-order chi connectivity index (χ1) is 16.0. The molecule has 0 radical (unpaired) electrons. The van der Waals surface area contributed by atoms with Crippen LogP contribution in [0.2, 0.25) is 0 Å². The Morgan fingerprint density at radius 2 is 2.00 bits per heavy atom. The Bertz CT molecular complexity index is 891. The van der Waals surface area contributed by atoms with Gasteiger partial charge in [0.05, 0.1) is 25.0 Å². The molecule has 3 saturated heterocycles. The van der Waals surface area contributed by atoms with Gasteiger partial charge in [-0.3, -0.25) is 14.4 Å². The molecule has 1 aromatic carbocycles. The Labute approximate surface area is 193 Å². The quantitative estimate of drug-likeness (QED) is 0.454. The van der Waals surface area contributed by atoms with Crippen molar-refractivity contribution in [2.75, 3.05) is 32.1 Å². The number of carbonyl (C=O) groups is 3. The number of unbranched alkanes of at least 4 members (excludes halogenated alkanes) is 1. The molecule has 9 heteroatoms. The summed E-state index contributed by atoms with van der Waals surface area (Å²) in [7, 11) is 1.57. The lowest BCUT2D eigenvalue weighted by atomic mass is 9.70. The molecule has 3 heterocycles. The standard InChI is InChI=1S/C24H33N3O6/c1-3-12-25-21(29)18-17-10-11-24(33-17)19(18)23(31)27(13-4-5-14-28)20(24)22(30)26-15-6-8-16(32-2)9-7-15/h6-9,17-20,28H,3-5,10-14H2,1-2H3,(H,25,29)(H,26,30)/t17-,18+,19-,20?,24?/m0/s1. The zero-order chi connectivity index (χ0) is 23.6. The highest BCUT2D eigenvalue weighted by Gasteiger charge is 2.74. The fourth-order valence-corrected chi connectivity index (χ4v) is 5.64. The molecule has 3 amide bonds. The molecule has 2 bridgehead atoms. The smallest absolute Gasteiger partial charge is 0.250 e. The van der Waals surface area contributed by atoms with Crippen molar-refractivity contribution in [3.8, 4) is 5.75 Å². The number of aliphatic hydroxyl groups excluding tert-OH is 1. The van der Waals surface area contributed by atoms with Crippen molar-refractivity contribution < 1.29 is 29.0 Å². The second kappa shape index (κ2) is 9.69. The second-order valence-electron chi connectivity index (χ2n) is 9.03. The number of fused-ring (bicyclic) bond motifs is 1. The molecular formula is C24H33N3O6. The van der Waals surface area contributed by atoms with E-state index in [1.807, 2.05) is 6.92 Å². The van der Waals surface area contributed by atoms with E-state index in [1.54, 1.807) is 36.3 Å². The van der Waals surface area contributed by atoms with Gasteiger partial charge in [-0.15, -0.1) is 0 Å². The number of hydrogen-bond acceptors (Lipinski definition) is 6. The van der Waals surface area contributed by atoms with Crippen molar-refractivity contribution in [1.29, 1.82) is 0 Å². The van der Waals surface area contributed by atoms with E-state index >= 15 is 0 Å². The molecule has 0 aliphatic carbocycles. The van der Waals surface area contributed by atoms with Crippen LogP contribution in [0.1, 0.15) is 39.0 Å². The van der Waals surface area contributed by atoms with Gasteiger partial charge in [0.25, 0.3) is 0 Å². The molecule has 5 atom stereocenters. The fraction of sp³-hybridized carbons (Fsp3) is 0.625. The molecule has 4 rings (SSSR count). The third kappa shape index (κ3) is 4.08. The van der Waals surface area contributed by atoms with Crippen LogP contribution >= 0.6 is 0 Å². The minimum Gasteiger partial charge on any atom is -0.497 e. The Balaban J connectivity index is 1.62. The summed E-state index contributed by atoms with van der Waals surface area (Å²) < 4.78 is 11.5. The first-order valence-corrected chi connectivity index (χ1v) is 11.8. The third-order valence-electron chi connectivity index (χ3n) is 7.07. The van der Waals surface area contributed by atoms with Gasteiger partial charge in [-0.2, -0.15) is 0 Å². The topological polar surface area (TPSA) is 117 Å². The summed E-state index contributed by atoms with van der Waals surface area (Å²) in [5.74, 6) is -1.29. The lowest BCUT2D eigenvalue weighted by molar-refractivity contribution is -0.140. The van der Waals surface area contributed by atoms with Gasteiger partial charge in [0.1, 0.15) is 17.4 Å². The molecule has 2 unspecified atom stereocenters. The summed E-state index contributed by atoms with van der Waals surface area (Å²) in [4.78, 5) is 41.7. The third-order valence-corrected chi connectivity index (χ3v) is 7.07. The highest BCUT2D eigenvalue weighted by atomic mass is 16.5. The van der Waals surface area contributed by atoms with Crippen LogP contribution in [-0.2, 0) is 19.1 Å². The molecule has 0 saturated carbocycles. The predicted molar refractivity (Wildman–Crippen MR) is 121 cm³/mol. The number of amides is 3. The average molecular weight is 460 g/mol. The van der Waals surface area contributed by atoms with Crippen LogP contribution in [0.15, 0.2) is 24.3 Å². The maximum atomic E-state index is 13.6. The van der Waals surface area contributed by atoms with E-state index < -0.39 is 23.5 Å². The Hall–Kier alpha value is -2.65. The number of likely N-dealkylation sites (tertiary alicyclic amines) is 1. The number of nitrogens with zero attached hydrogens (tertiary/aromatic N) is 1. The zero-order valence-corrected chi connectivity index (χ0v) is 19.2. The van der Waals surface area contributed by atoms with Crippen molar-refractivity contribution in [1.82, 2.24) is 10.2 Å². The molecule has 3 N–H and O–H groups in total. The average Bonchev–Trinajstić information content (AvgIpc) is 3.45. The van der Waals surface area contributed by atoms with Crippen LogP contribution in [0.25, 0.3) is 0 Å². The number of rotatable bonds is 10. The molecule has 3 fully saturated rings. The van der Waals surface area contributed by atoms with Crippen molar-refractivity contribution in [2.45, 2.75) is 56.8 Å². The van der Waals surface area contributed by atoms with Crippen LogP contribution in [-0.4, -0.2) is 72.3 Å². The SMILES string of the molecule is CCCNC(=O)[C@@H]1[C@@H]2CCC3(O2)C(C(=O)Nc2ccc(OC)cc2)N(CCCCO)C(=O)[C@H]13. The number of anilines is 1. The van der Waals surface area contributed by atoms with Crippen LogP contribution in [0.5, 0.6) is 5.75 Å². The first kappa shape index (κ1) is 23.5. The van der Waals surface area contributed by atoms with E-state index in [2.05, 4.69) is 10.6 Å². The van der Waals surface area contributed by atoms with E-state index in [0.717, 1.165) is 6.42 Å². The Kier molecular flexibility index (Phi) is 6.90. The van der Waals surface area contributed by atoms with Gasteiger partial charge in [-0.25, -0.2) is 0 Å². The lowest BCUT2D eigenvalue weighted by Gasteiger charge is -2.33. The van der Waals surface area contributed by atoms with Gasteiger partial charge in [-0.1, -0.05) is 6.92 Å². The summed E-state index contributed by atoms with van der Waals surface area (Å²) >= 11 is 0. The molecule has 1 aromatic rings. The minimum absolute atomic E-state index is 0.0138. The molecule has 3 aliphatic heterocycles. The van der Waals surface area contributed by atoms with Gasteiger partial charge in [0, 0.05) is 25.4 Å². The van der Waals surface area contributed by atoms with E-state index in [4.69, 9.17) is 9.47 Å². The van der Waals surface area contributed by atoms with Crippen molar-refractivity contribution in [3.63, 3.8) is 0 Å². The molecule has 0 aromatic heterocycles. The normalized spacial score (nSPS) is 29.8. The number of nitrogens with one attached hydrogen (secondary N) is 2. The van der Waals surface area contributed by atoms with Crippen LogP contribution in [0, 0.1) is 11.8 Å². The Morgan fingerprint density at radius 1 is 1.24 bits per heavy atom. The van der Waals surface area contributed by atoms with E-state index in [1.165, 1.54) is 0 Å². The van der Waals surface area contributed by atoms with Crippen molar-refractivity contribution in [3.05, 3.63) is 24.3 Å². The lowest BCUT2D eigenvalue weighted by Crippen LogP contribution is -2.53. The van der Waals surface area contributed by atoms with Gasteiger partial charge in [-0.05, 0) is 56.4 Å². The molecule has 1 spiro atoms. The zero-order valence-electron chi connectivity index (χ0n) is 19.2. The highest BCUT2D eigenvalue weighted by molar-refractivity contribution is 6.03. The maximum absolute atomic E-state index is 13.6.